The number of ether oxygens (including phenoxy) is 4. The minimum atomic E-state index is -1.22. The van der Waals surface area contributed by atoms with Crippen LogP contribution in [0, 0.1) is 44.0 Å². The molecule has 20 rings (SSSR count). The Bertz CT molecular complexity index is 5770. The van der Waals surface area contributed by atoms with Crippen LogP contribution < -0.4 is 41.0 Å². The third-order valence-corrected chi connectivity index (χ3v) is 27.1. The smallest absolute Gasteiger partial charge is 0.162 e. The molecule has 12 aromatic rings. The number of nitrogens with one attached hydrogen (secondary N) is 2. The van der Waals surface area contributed by atoms with Crippen LogP contribution in [0.25, 0.3) is 44.1 Å². The van der Waals surface area contributed by atoms with Crippen molar-refractivity contribution >= 4 is 111 Å². The number of aryl methyl sites for hydroxylation is 3. The molecule has 0 unspecified atom stereocenters. The number of fused-ring (bicyclic) bond motifs is 8. The number of aliphatic hydroxyl groups is 8. The highest BCUT2D eigenvalue weighted by atomic mass is 79.9. The van der Waals surface area contributed by atoms with E-state index in [0.29, 0.717) is 135 Å². The predicted octanol–water partition coefficient (Wildman–Crippen LogP) is 11.9. The number of hydrogen-bond acceptors (Lipinski definition) is 22. The van der Waals surface area contributed by atoms with Gasteiger partial charge in [-0.1, -0.05) is 29.3 Å². The van der Waals surface area contributed by atoms with Crippen molar-refractivity contribution < 1.29 is 77.4 Å². The zero-order valence-electron chi connectivity index (χ0n) is 66.1. The highest BCUT2D eigenvalue weighted by Gasteiger charge is 2.50. The van der Waals surface area contributed by atoms with Gasteiger partial charge in [-0.25, -0.2) is 47.5 Å². The summed E-state index contributed by atoms with van der Waals surface area (Å²) in [6, 6.07) is 12.9. The van der Waals surface area contributed by atoms with Crippen LogP contribution in [0.4, 0.5) is 28.9 Å². The van der Waals surface area contributed by atoms with Crippen molar-refractivity contribution in [1.29, 1.82) is 0 Å². The van der Waals surface area contributed by atoms with Gasteiger partial charge >= 0.3 is 0 Å². The summed E-state index contributed by atoms with van der Waals surface area (Å²) >= 11 is 19.8. The standard InChI is InChI=1S/C22H23BrFN3O3.C22H23ClFN3O3.C22H25ClN4O3.C21H21BrF2N4O3/c2*1-11-19-14(23)9-27(22(19)26-10-25-11)16-8-18(21(29)20(16)28)30-17-7-6-15(24)12-4-2-3-5-13(12)17;1-11-6-12-2-4-25-9-13(12)17(7-11)30-18-8-16(20(28)21(18)29)27-10-14(23)19-15(24)3-5-26-22(19)27;22-11-8-28(21-17(11)13(25)2-4-27-21)14-6-16(20(30)19(14)29)31-15-5-12(23)18(24)9-1-3-26-7-10(9)15/h2*6-7,9-10,16,18,20-21,28-29H,2-5,8H2,1H3;3,5-7,10,16,18,20-21,25,28-29H,2,4,8-9H2,1H3,(H2,24,26);2,4-5,8,14,16,19-20,26,29-30H,1,3,6-7H2,(H2,25,27)/t3*16-,18+,20+,21-;14-,16+,19+,20-/m1111/s1. The lowest BCUT2D eigenvalue weighted by atomic mass is 9.90. The summed E-state index contributed by atoms with van der Waals surface area (Å²) in [7, 11) is 0. The predicted molar refractivity (Wildman–Crippen MR) is 453 cm³/mol. The second kappa shape index (κ2) is 34.7. The van der Waals surface area contributed by atoms with Crippen LogP contribution in [-0.4, -0.2) is 175 Å². The van der Waals surface area contributed by atoms with Gasteiger partial charge in [-0.3, -0.25) is 0 Å². The number of nitrogens with zero attached hydrogens (tertiary/aromatic N) is 10. The molecule has 638 valence electrons. The maximum atomic E-state index is 14.2. The van der Waals surface area contributed by atoms with Crippen molar-refractivity contribution in [3.05, 3.63) is 208 Å². The summed E-state index contributed by atoms with van der Waals surface area (Å²) in [6.07, 6.45) is 11.6. The molecule has 34 heteroatoms. The van der Waals surface area contributed by atoms with Gasteiger partial charge in [0.2, 0.25) is 0 Å². The van der Waals surface area contributed by atoms with Crippen LogP contribution in [0.3, 0.4) is 0 Å². The second-order valence-corrected chi connectivity index (χ2v) is 35.1. The Kier molecular flexibility index (Phi) is 24.2. The number of hydrogen-bond donors (Lipinski definition) is 12. The van der Waals surface area contributed by atoms with E-state index in [2.05, 4.69) is 78.5 Å². The Hall–Kier alpha value is -8.84. The lowest BCUT2D eigenvalue weighted by Crippen LogP contribution is -2.35. The molecule has 0 radical (unpaired) electrons. The minimum absolute atomic E-state index is 0.180. The van der Waals surface area contributed by atoms with E-state index in [4.69, 9.17) is 53.6 Å². The molecule has 6 aliphatic carbocycles. The van der Waals surface area contributed by atoms with Crippen molar-refractivity contribution in [2.75, 3.05) is 24.6 Å². The van der Waals surface area contributed by atoms with Gasteiger partial charge < -0.3 is 100 Å². The summed E-state index contributed by atoms with van der Waals surface area (Å²) < 4.78 is 90.1. The Morgan fingerprint density at radius 1 is 0.405 bits per heavy atom. The molecule has 4 aromatic carbocycles. The summed E-state index contributed by atoms with van der Waals surface area (Å²) in [5, 5.41) is 96.6. The Labute approximate surface area is 719 Å². The first-order chi connectivity index (χ1) is 58.2. The maximum Gasteiger partial charge on any atom is 0.162 e. The van der Waals surface area contributed by atoms with Crippen LogP contribution in [0.15, 0.2) is 113 Å². The van der Waals surface area contributed by atoms with Crippen LogP contribution >= 0.6 is 55.1 Å². The molecule has 121 heavy (non-hydrogen) atoms. The van der Waals surface area contributed by atoms with Gasteiger partial charge in [0, 0.05) is 130 Å². The molecule has 0 spiro atoms. The summed E-state index contributed by atoms with van der Waals surface area (Å²) in [4.78, 5) is 25.9. The maximum absolute atomic E-state index is 14.2. The molecule has 16 atom stereocenters. The molecule has 2 aliphatic heterocycles. The number of pyridine rings is 2. The van der Waals surface area contributed by atoms with E-state index >= 15 is 0 Å². The highest BCUT2D eigenvalue weighted by Crippen LogP contribution is 2.47. The fourth-order valence-electron chi connectivity index (χ4n) is 19.1. The molecule has 8 aliphatic rings. The average Bonchev–Trinajstić information content (AvgIpc) is 1.68. The molecule has 14 N–H and O–H groups in total. The van der Waals surface area contributed by atoms with E-state index in [-0.39, 0.29) is 23.8 Å². The molecular weight excluding hydrogens is 1740 g/mol. The molecule has 10 heterocycles. The van der Waals surface area contributed by atoms with E-state index < -0.39 is 109 Å². The van der Waals surface area contributed by atoms with Crippen molar-refractivity contribution in [2.24, 2.45) is 0 Å². The van der Waals surface area contributed by atoms with Crippen molar-refractivity contribution in [3.8, 4) is 23.0 Å². The second-order valence-electron chi connectivity index (χ2n) is 32.6. The Balaban J connectivity index is 0.000000115. The van der Waals surface area contributed by atoms with E-state index in [0.717, 1.165) is 129 Å². The lowest BCUT2D eigenvalue weighted by Gasteiger charge is -2.25. The van der Waals surface area contributed by atoms with Crippen LogP contribution in [0.1, 0.15) is 137 Å². The first-order valence-corrected chi connectivity index (χ1v) is 43.1. The fraction of sp³-hybridized carbons (Fsp3) is 0.425. The third-order valence-electron chi connectivity index (χ3n) is 25.3. The Morgan fingerprint density at radius 2 is 0.802 bits per heavy atom. The van der Waals surface area contributed by atoms with E-state index in [9.17, 15) is 58.4 Å². The van der Waals surface area contributed by atoms with Crippen molar-refractivity contribution in [1.82, 2.24) is 58.8 Å². The van der Waals surface area contributed by atoms with Crippen LogP contribution in [-0.2, 0) is 51.6 Å². The third kappa shape index (κ3) is 15.8. The first-order valence-electron chi connectivity index (χ1n) is 40.7. The largest absolute Gasteiger partial charge is 0.487 e. The van der Waals surface area contributed by atoms with Crippen LogP contribution in [0.5, 0.6) is 23.0 Å². The number of aliphatic hydroxyl groups excluding tert-OH is 8. The average molecular weight is 1830 g/mol. The molecule has 0 bridgehead atoms. The van der Waals surface area contributed by atoms with Gasteiger partial charge in [0.15, 0.2) is 11.6 Å². The summed E-state index contributed by atoms with van der Waals surface area (Å²) in [5.74, 6) is -0.0885. The van der Waals surface area contributed by atoms with Gasteiger partial charge in [0.25, 0.3) is 0 Å². The molecule has 26 nitrogen and oxygen atoms in total. The molecule has 4 fully saturated rings. The van der Waals surface area contributed by atoms with Gasteiger partial charge in [0.05, 0.1) is 67.1 Å². The fourth-order valence-corrected chi connectivity index (χ4v) is 21.0. The topological polar surface area (TPSA) is 372 Å². The quantitative estimate of drug-likeness (QED) is 0.0506. The molecule has 4 saturated carbocycles. The van der Waals surface area contributed by atoms with Gasteiger partial charge in [-0.15, -0.1) is 0 Å². The van der Waals surface area contributed by atoms with Crippen LogP contribution in [0.2, 0.25) is 10.0 Å². The molecule has 8 aromatic heterocycles. The molecule has 0 amide bonds. The lowest BCUT2D eigenvalue weighted by molar-refractivity contribution is -0.0167. The molecular formula is C87H92Br2Cl2F4N14O12. The monoisotopic (exact) mass is 1830 g/mol. The van der Waals surface area contributed by atoms with Crippen molar-refractivity contribution in [2.45, 2.75) is 221 Å². The number of aromatic nitrogens is 10. The van der Waals surface area contributed by atoms with Gasteiger partial charge in [0.1, 0.15) is 143 Å². The summed E-state index contributed by atoms with van der Waals surface area (Å²) in [6.45, 7) is 8.37. The number of benzene rings is 4. The highest BCUT2D eigenvalue weighted by molar-refractivity contribution is 9.11. The summed E-state index contributed by atoms with van der Waals surface area (Å²) in [5.41, 5.74) is 24.8. The number of nitrogens with two attached hydrogens (primary N) is 2. The van der Waals surface area contributed by atoms with E-state index in [1.165, 1.54) is 30.4 Å². The molecule has 0 saturated heterocycles. The minimum Gasteiger partial charge on any atom is -0.487 e. The first kappa shape index (κ1) is 84.4. The number of nitrogen functional groups attached to an aromatic ring is 2. The number of halogens is 8. The number of anilines is 2. The van der Waals surface area contributed by atoms with Gasteiger partial charge in [-0.2, -0.15) is 0 Å². The van der Waals surface area contributed by atoms with Gasteiger partial charge in [-0.05, 0) is 195 Å². The zero-order valence-corrected chi connectivity index (χ0v) is 70.8. The Morgan fingerprint density at radius 3 is 1.31 bits per heavy atom. The number of rotatable bonds is 12. The normalized spacial score (nSPS) is 26.0. The zero-order chi connectivity index (χ0) is 84.8. The van der Waals surface area contributed by atoms with E-state index in [1.54, 1.807) is 69.0 Å². The van der Waals surface area contributed by atoms with Crippen molar-refractivity contribution in [3.63, 3.8) is 0 Å². The SMILES string of the molecule is Cc1cc2c(c(O[C@H]3C[C@@H](n4cc(Cl)c5c(N)ccnc54)[C@H](O)[C@@H]3O)c1)CNCC2.Cc1ncnc2c1c(Br)cn2[C@@H]1C[C@H](Oc2ccc(F)c3c2CCCC3)[C@@H](O)[C@H]1O.Cc1ncnc2c1c(Cl)cn2[C@@H]1C[C@H](Oc2ccc(F)c3c2CCCC3)[C@@H](O)[C@H]1O.Nc1ccnc2c1c(Br)cn2[C@@H]1C[C@H](Oc2cc(F)c(F)c3c2CNCC3)[C@@H](O)[C@H]1O. The van der Waals surface area contributed by atoms with E-state index in [1.807, 2.05) is 37.6 Å².